The number of aryl methyl sites for hydroxylation is 1. The van der Waals surface area contributed by atoms with Gasteiger partial charge in [-0.15, -0.1) is 4.36 Å². The number of anilines is 1. The Kier molecular flexibility index (Phi) is 5.54. The molecule has 1 aliphatic carbocycles. The number of carbonyl (C=O) groups is 1. The van der Waals surface area contributed by atoms with Crippen molar-refractivity contribution in [3.05, 3.63) is 34.5 Å². The van der Waals surface area contributed by atoms with Crippen molar-refractivity contribution in [2.45, 2.75) is 50.4 Å². The van der Waals surface area contributed by atoms with E-state index < -0.39 is 44.7 Å². The van der Waals surface area contributed by atoms with E-state index in [9.17, 15) is 35.3 Å². The fourth-order valence-electron chi connectivity index (χ4n) is 3.16. The topological polar surface area (TPSA) is 115 Å². The lowest BCUT2D eigenvalue weighted by molar-refractivity contribution is -0.141. The molecule has 2 heterocycles. The van der Waals surface area contributed by atoms with Gasteiger partial charge in [-0.3, -0.25) is 0 Å². The van der Waals surface area contributed by atoms with E-state index in [4.69, 9.17) is 5.14 Å². The second-order valence-corrected chi connectivity index (χ2v) is 8.60. The van der Waals surface area contributed by atoms with Crippen LogP contribution in [0.2, 0.25) is 0 Å². The Labute approximate surface area is 172 Å². The molecule has 31 heavy (non-hydrogen) atoms. The van der Waals surface area contributed by atoms with Crippen LogP contribution in [-0.4, -0.2) is 25.0 Å². The molecule has 0 aliphatic heterocycles. The first-order chi connectivity index (χ1) is 14.1. The monoisotopic (exact) mass is 470 g/mol. The quantitative estimate of drug-likeness (QED) is 0.665. The summed E-state index contributed by atoms with van der Waals surface area (Å²) in [6.45, 7) is 1.48. The molecule has 3 N–H and O–H groups in total. The third-order valence-corrected chi connectivity index (χ3v) is 5.77. The molecule has 8 nitrogen and oxygen atoms in total. The van der Waals surface area contributed by atoms with Crippen LogP contribution in [-0.2, 0) is 35.0 Å². The first-order valence-corrected chi connectivity index (χ1v) is 10.3. The van der Waals surface area contributed by atoms with Gasteiger partial charge in [0.2, 0.25) is 5.03 Å². The molecule has 0 saturated heterocycles. The number of amides is 2. The average molecular weight is 470 g/mol. The summed E-state index contributed by atoms with van der Waals surface area (Å²) in [5.74, 6) is -1.49. The summed E-state index contributed by atoms with van der Waals surface area (Å²) in [6.07, 6.45) is -3.46. The number of aromatic nitrogens is 3. The summed E-state index contributed by atoms with van der Waals surface area (Å²) < 4.78 is 95.8. The van der Waals surface area contributed by atoms with Crippen LogP contribution < -0.4 is 10.5 Å². The molecule has 170 valence electrons. The number of fused-ring (bicyclic) bond motifs is 1. The van der Waals surface area contributed by atoms with Gasteiger partial charge in [0.25, 0.3) is 0 Å². The Morgan fingerprint density at radius 1 is 1.29 bits per heavy atom. The van der Waals surface area contributed by atoms with Crippen LogP contribution in [0.25, 0.3) is 0 Å². The molecular weight excluding hydrogens is 454 g/mol. The SMILES string of the molecule is Cc1c(C(F)(F)F)nc2c(c1NC(=O)N=[S@@](N)(=O)c1nn(C(C)(F)F)cc1F)CCC2. The molecule has 2 aromatic rings. The van der Waals surface area contributed by atoms with E-state index in [1.54, 1.807) is 0 Å². The van der Waals surface area contributed by atoms with Crippen LogP contribution >= 0.6 is 0 Å². The fraction of sp³-hybridized carbons (Fsp3) is 0.438. The Morgan fingerprint density at radius 3 is 2.48 bits per heavy atom. The first-order valence-electron chi connectivity index (χ1n) is 8.70. The standard InChI is InChI=1S/C16H16F6N6O2S/c1-7-11(8-4-3-5-10(8)24-12(7)16(20,21)22)25-14(29)27-31(23,30)13-9(17)6-28(26-13)15(2,18)19/h6H,3-5H2,1-2H3,(H3,23,24,25,27,29,30)/t31-/m1/s1. The average Bonchev–Trinajstić information content (AvgIpc) is 3.21. The maximum atomic E-state index is 13.9. The van der Waals surface area contributed by atoms with E-state index in [0.717, 1.165) is 6.92 Å². The fourth-order valence-corrected chi connectivity index (χ4v) is 4.08. The van der Waals surface area contributed by atoms with Gasteiger partial charge in [0, 0.05) is 18.2 Å². The molecule has 1 aliphatic rings. The van der Waals surface area contributed by atoms with Gasteiger partial charge >= 0.3 is 18.3 Å². The van der Waals surface area contributed by atoms with Crippen molar-refractivity contribution in [2.75, 3.05) is 5.32 Å². The lowest BCUT2D eigenvalue weighted by Gasteiger charge is -2.17. The van der Waals surface area contributed by atoms with Crippen molar-refractivity contribution < 1.29 is 35.3 Å². The smallest absolute Gasteiger partial charge is 0.305 e. The van der Waals surface area contributed by atoms with Gasteiger partial charge in [0.15, 0.2) is 15.7 Å². The van der Waals surface area contributed by atoms with E-state index in [-0.39, 0.29) is 34.2 Å². The van der Waals surface area contributed by atoms with Crippen LogP contribution in [0.15, 0.2) is 15.6 Å². The summed E-state index contributed by atoms with van der Waals surface area (Å²) >= 11 is 0. The maximum Gasteiger partial charge on any atom is 0.433 e. The number of pyridine rings is 1. The Bertz CT molecular complexity index is 1180. The van der Waals surface area contributed by atoms with Crippen molar-refractivity contribution in [1.82, 2.24) is 14.8 Å². The zero-order valence-corrected chi connectivity index (χ0v) is 16.9. The minimum atomic E-state index is -4.79. The minimum Gasteiger partial charge on any atom is -0.305 e. The summed E-state index contributed by atoms with van der Waals surface area (Å²) in [5, 5.41) is 9.34. The van der Waals surface area contributed by atoms with E-state index in [2.05, 4.69) is 19.8 Å². The second kappa shape index (κ2) is 7.47. The number of nitrogens with zero attached hydrogens (tertiary/aromatic N) is 4. The summed E-state index contributed by atoms with van der Waals surface area (Å²) in [5.41, 5.74) is -1.30. The number of urea groups is 1. The van der Waals surface area contributed by atoms with Gasteiger partial charge in [0.05, 0.1) is 11.9 Å². The Morgan fingerprint density at radius 2 is 1.94 bits per heavy atom. The molecule has 0 aromatic carbocycles. The number of rotatable bonds is 3. The molecule has 0 fully saturated rings. The maximum absolute atomic E-state index is 13.9. The van der Waals surface area contributed by atoms with Crippen LogP contribution in [0, 0.1) is 12.7 Å². The van der Waals surface area contributed by atoms with E-state index in [1.165, 1.54) is 0 Å². The zero-order valence-electron chi connectivity index (χ0n) is 16.1. The molecule has 0 unspecified atom stereocenters. The largest absolute Gasteiger partial charge is 0.433 e. The number of halogens is 6. The predicted molar refractivity (Wildman–Crippen MR) is 96.1 cm³/mol. The van der Waals surface area contributed by atoms with Crippen LogP contribution in [0.5, 0.6) is 0 Å². The molecule has 1 atom stereocenters. The van der Waals surface area contributed by atoms with E-state index in [1.807, 2.05) is 0 Å². The number of nitrogens with one attached hydrogen (secondary N) is 1. The number of hydrogen-bond acceptors (Lipinski definition) is 4. The van der Waals surface area contributed by atoms with Gasteiger partial charge < -0.3 is 5.32 Å². The zero-order chi connectivity index (χ0) is 23.4. The van der Waals surface area contributed by atoms with Crippen molar-refractivity contribution in [2.24, 2.45) is 9.50 Å². The van der Waals surface area contributed by atoms with Crippen molar-refractivity contribution in [3.8, 4) is 0 Å². The third-order valence-electron chi connectivity index (χ3n) is 4.50. The van der Waals surface area contributed by atoms with E-state index >= 15 is 0 Å². The van der Waals surface area contributed by atoms with Crippen molar-refractivity contribution in [1.29, 1.82) is 0 Å². The Hall–Kier alpha value is -2.68. The van der Waals surface area contributed by atoms with E-state index in [0.29, 0.717) is 25.3 Å². The second-order valence-electron chi connectivity index (χ2n) is 6.90. The molecule has 2 amide bonds. The highest BCUT2D eigenvalue weighted by molar-refractivity contribution is 7.91. The van der Waals surface area contributed by atoms with Gasteiger partial charge in [-0.1, -0.05) is 0 Å². The number of alkyl halides is 5. The predicted octanol–water partition coefficient (Wildman–Crippen LogP) is 3.74. The highest BCUT2D eigenvalue weighted by Gasteiger charge is 2.38. The molecule has 0 spiro atoms. The first kappa shape index (κ1) is 23.0. The summed E-state index contributed by atoms with van der Waals surface area (Å²) in [7, 11) is -4.43. The van der Waals surface area contributed by atoms with Crippen LogP contribution in [0.3, 0.4) is 0 Å². The van der Waals surface area contributed by atoms with Gasteiger partial charge in [-0.25, -0.2) is 28.2 Å². The highest BCUT2D eigenvalue weighted by atomic mass is 32.2. The molecule has 2 aromatic heterocycles. The lowest BCUT2D eigenvalue weighted by Crippen LogP contribution is -2.23. The molecule has 15 heteroatoms. The van der Waals surface area contributed by atoms with Gasteiger partial charge in [-0.2, -0.15) is 27.1 Å². The Balaban J connectivity index is 2.01. The van der Waals surface area contributed by atoms with Crippen LogP contribution in [0.1, 0.15) is 35.9 Å². The molecule has 0 radical (unpaired) electrons. The molecular formula is C16H16F6N6O2S. The van der Waals surface area contributed by atoms with Crippen LogP contribution in [0.4, 0.5) is 36.8 Å². The normalized spacial score (nSPS) is 16.0. The van der Waals surface area contributed by atoms with Gasteiger partial charge in [-0.05, 0) is 31.7 Å². The number of hydrogen-bond donors (Lipinski definition) is 2. The minimum absolute atomic E-state index is 0.146. The third kappa shape index (κ3) is 4.51. The number of carbonyl (C=O) groups excluding carboxylic acids is 1. The van der Waals surface area contributed by atoms with Gasteiger partial charge in [0.1, 0.15) is 5.69 Å². The highest BCUT2D eigenvalue weighted by Crippen LogP contribution is 2.38. The summed E-state index contributed by atoms with van der Waals surface area (Å²) in [4.78, 5) is 15.9. The van der Waals surface area contributed by atoms with Crippen molar-refractivity contribution in [3.63, 3.8) is 0 Å². The molecule has 0 saturated carbocycles. The summed E-state index contributed by atoms with van der Waals surface area (Å²) in [6, 6.07) is -5.11. The lowest BCUT2D eigenvalue weighted by atomic mass is 10.1. The van der Waals surface area contributed by atoms with Crippen molar-refractivity contribution >= 4 is 21.6 Å². The molecule has 0 bridgehead atoms. The molecule has 3 rings (SSSR count). The number of nitrogens with two attached hydrogens (primary N) is 1.